The minimum atomic E-state index is 0.368. The van der Waals surface area contributed by atoms with Crippen molar-refractivity contribution < 1.29 is 28.1 Å². The Morgan fingerprint density at radius 2 is 1.28 bits per heavy atom. The summed E-state index contributed by atoms with van der Waals surface area (Å²) in [5.74, 6) is 3.94. The average Bonchev–Trinajstić information content (AvgIpc) is 3.49. The predicted octanol–water partition coefficient (Wildman–Crippen LogP) is 5.05. The molecule has 0 radical (unpaired) electrons. The first-order valence-corrected chi connectivity index (χ1v) is 12.8. The SMILES string of the molecule is COc1cc2c(cc1OC)CN(CCc1ccc(-c3nnc(-c4cc(OC)c(OC)c(OC)c4)o3)cc1)CC2. The van der Waals surface area contributed by atoms with Crippen LogP contribution in [0, 0.1) is 0 Å². The standard InChI is InChI=1S/C30H33N3O6/c1-34-24-14-21-11-13-33(18-23(21)17-25(24)35-2)12-10-19-6-8-20(9-7-19)29-31-32-30(39-29)22-15-26(36-3)28(38-5)27(16-22)37-4/h6-9,14-17H,10-13,18H2,1-5H3. The molecule has 0 N–H and O–H groups in total. The second kappa shape index (κ2) is 11.7. The maximum atomic E-state index is 5.99. The fraction of sp³-hybridized carbons (Fsp3) is 0.333. The molecule has 9 heteroatoms. The molecule has 5 rings (SSSR count). The van der Waals surface area contributed by atoms with E-state index in [2.05, 4.69) is 39.4 Å². The molecule has 0 amide bonds. The molecule has 0 aliphatic carbocycles. The molecule has 0 unspecified atom stereocenters. The summed E-state index contributed by atoms with van der Waals surface area (Å²) in [5, 5.41) is 8.49. The van der Waals surface area contributed by atoms with E-state index in [1.165, 1.54) is 16.7 Å². The van der Waals surface area contributed by atoms with Crippen molar-refractivity contribution in [3.05, 3.63) is 65.2 Å². The summed E-state index contributed by atoms with van der Waals surface area (Å²) in [7, 11) is 8.06. The van der Waals surface area contributed by atoms with Crippen LogP contribution in [0.2, 0.25) is 0 Å². The highest BCUT2D eigenvalue weighted by Crippen LogP contribution is 2.41. The van der Waals surface area contributed by atoms with Gasteiger partial charge in [0.2, 0.25) is 17.5 Å². The normalized spacial score (nSPS) is 13.1. The predicted molar refractivity (Wildman–Crippen MR) is 147 cm³/mol. The fourth-order valence-corrected chi connectivity index (χ4v) is 4.89. The molecule has 0 saturated heterocycles. The van der Waals surface area contributed by atoms with Crippen LogP contribution in [0.15, 0.2) is 52.9 Å². The summed E-state index contributed by atoms with van der Waals surface area (Å²) < 4.78 is 33.2. The number of aromatic nitrogens is 2. The number of benzene rings is 3. The van der Waals surface area contributed by atoms with E-state index in [-0.39, 0.29) is 0 Å². The number of methoxy groups -OCH3 is 5. The van der Waals surface area contributed by atoms with Gasteiger partial charge in [-0.2, -0.15) is 0 Å². The highest BCUT2D eigenvalue weighted by molar-refractivity contribution is 5.66. The summed E-state index contributed by atoms with van der Waals surface area (Å²) in [6.45, 7) is 2.89. The van der Waals surface area contributed by atoms with Crippen molar-refractivity contribution in [3.8, 4) is 51.7 Å². The zero-order valence-electron chi connectivity index (χ0n) is 22.9. The van der Waals surface area contributed by atoms with E-state index in [1.54, 1.807) is 47.7 Å². The Morgan fingerprint density at radius 1 is 0.692 bits per heavy atom. The van der Waals surface area contributed by atoms with Gasteiger partial charge in [0.25, 0.3) is 0 Å². The molecule has 0 bridgehead atoms. The second-order valence-corrected chi connectivity index (χ2v) is 9.28. The van der Waals surface area contributed by atoms with Crippen LogP contribution in [0.5, 0.6) is 28.7 Å². The van der Waals surface area contributed by atoms with E-state index in [9.17, 15) is 0 Å². The molecule has 39 heavy (non-hydrogen) atoms. The Bertz CT molecular complexity index is 1410. The van der Waals surface area contributed by atoms with Crippen LogP contribution in [0.25, 0.3) is 22.9 Å². The van der Waals surface area contributed by atoms with Crippen molar-refractivity contribution in [1.82, 2.24) is 15.1 Å². The topological polar surface area (TPSA) is 88.3 Å². The first kappa shape index (κ1) is 26.4. The highest BCUT2D eigenvalue weighted by atomic mass is 16.5. The van der Waals surface area contributed by atoms with Crippen molar-refractivity contribution in [2.24, 2.45) is 0 Å². The summed E-state index contributed by atoms with van der Waals surface area (Å²) in [5.41, 5.74) is 5.42. The van der Waals surface area contributed by atoms with Gasteiger partial charge in [0, 0.05) is 30.8 Å². The van der Waals surface area contributed by atoms with Crippen molar-refractivity contribution in [1.29, 1.82) is 0 Å². The lowest BCUT2D eigenvalue weighted by atomic mass is 9.98. The van der Waals surface area contributed by atoms with Gasteiger partial charge in [-0.25, -0.2) is 0 Å². The van der Waals surface area contributed by atoms with E-state index in [1.807, 2.05) is 12.1 Å². The molecule has 204 valence electrons. The molecule has 2 heterocycles. The van der Waals surface area contributed by atoms with Crippen LogP contribution in [-0.2, 0) is 19.4 Å². The lowest BCUT2D eigenvalue weighted by molar-refractivity contribution is 0.255. The first-order chi connectivity index (χ1) is 19.1. The molecule has 1 aliphatic rings. The van der Waals surface area contributed by atoms with E-state index in [0.717, 1.165) is 49.5 Å². The van der Waals surface area contributed by atoms with E-state index < -0.39 is 0 Å². The minimum Gasteiger partial charge on any atom is -0.493 e. The van der Waals surface area contributed by atoms with Crippen LogP contribution >= 0.6 is 0 Å². The quantitative estimate of drug-likeness (QED) is 0.279. The van der Waals surface area contributed by atoms with Gasteiger partial charge < -0.3 is 28.1 Å². The van der Waals surface area contributed by atoms with Crippen molar-refractivity contribution in [2.45, 2.75) is 19.4 Å². The molecule has 3 aromatic carbocycles. The number of fused-ring (bicyclic) bond motifs is 1. The van der Waals surface area contributed by atoms with E-state index in [4.69, 9.17) is 28.1 Å². The Balaban J connectivity index is 1.24. The van der Waals surface area contributed by atoms with Gasteiger partial charge in [-0.1, -0.05) is 12.1 Å². The third-order valence-electron chi connectivity index (χ3n) is 7.05. The molecule has 9 nitrogen and oxygen atoms in total. The summed E-state index contributed by atoms with van der Waals surface area (Å²) >= 11 is 0. The third kappa shape index (κ3) is 5.49. The Labute approximate surface area is 228 Å². The van der Waals surface area contributed by atoms with Gasteiger partial charge in [0.05, 0.1) is 35.5 Å². The zero-order valence-corrected chi connectivity index (χ0v) is 22.9. The summed E-state index contributed by atoms with van der Waals surface area (Å²) in [6, 6.07) is 16.0. The molecule has 4 aromatic rings. The Morgan fingerprint density at radius 3 is 1.87 bits per heavy atom. The Hall–Kier alpha value is -4.24. The van der Waals surface area contributed by atoms with Gasteiger partial charge >= 0.3 is 0 Å². The van der Waals surface area contributed by atoms with Gasteiger partial charge in [-0.05, 0) is 65.9 Å². The molecule has 0 atom stereocenters. The van der Waals surface area contributed by atoms with Crippen LogP contribution in [0.3, 0.4) is 0 Å². The van der Waals surface area contributed by atoms with E-state index in [0.29, 0.717) is 34.6 Å². The monoisotopic (exact) mass is 531 g/mol. The molecule has 0 fully saturated rings. The van der Waals surface area contributed by atoms with Gasteiger partial charge in [0.15, 0.2) is 23.0 Å². The lowest BCUT2D eigenvalue weighted by Gasteiger charge is -2.29. The van der Waals surface area contributed by atoms with Gasteiger partial charge in [0.1, 0.15) is 0 Å². The van der Waals surface area contributed by atoms with Crippen LogP contribution in [0.4, 0.5) is 0 Å². The number of nitrogens with zero attached hydrogens (tertiary/aromatic N) is 3. The van der Waals surface area contributed by atoms with Gasteiger partial charge in [-0.15, -0.1) is 10.2 Å². The Kier molecular flexibility index (Phi) is 7.88. The molecule has 0 saturated carbocycles. The maximum Gasteiger partial charge on any atom is 0.248 e. The first-order valence-electron chi connectivity index (χ1n) is 12.8. The molecule has 0 spiro atoms. The third-order valence-corrected chi connectivity index (χ3v) is 7.05. The van der Waals surface area contributed by atoms with Crippen molar-refractivity contribution in [2.75, 3.05) is 48.6 Å². The maximum absolute atomic E-state index is 5.99. The molecular weight excluding hydrogens is 498 g/mol. The van der Waals surface area contributed by atoms with Crippen LogP contribution in [-0.4, -0.2) is 63.7 Å². The summed E-state index contributed by atoms with van der Waals surface area (Å²) in [6.07, 6.45) is 1.95. The van der Waals surface area contributed by atoms with E-state index >= 15 is 0 Å². The second-order valence-electron chi connectivity index (χ2n) is 9.28. The van der Waals surface area contributed by atoms with Gasteiger partial charge in [-0.3, -0.25) is 4.90 Å². The summed E-state index contributed by atoms with van der Waals surface area (Å²) in [4.78, 5) is 2.48. The van der Waals surface area contributed by atoms with Crippen LogP contribution in [0.1, 0.15) is 16.7 Å². The number of hydrogen-bond acceptors (Lipinski definition) is 9. The van der Waals surface area contributed by atoms with Crippen molar-refractivity contribution in [3.63, 3.8) is 0 Å². The smallest absolute Gasteiger partial charge is 0.248 e. The molecular formula is C30H33N3O6. The lowest BCUT2D eigenvalue weighted by Crippen LogP contribution is -2.32. The molecule has 1 aromatic heterocycles. The number of hydrogen-bond donors (Lipinski definition) is 0. The van der Waals surface area contributed by atoms with Crippen molar-refractivity contribution >= 4 is 0 Å². The highest BCUT2D eigenvalue weighted by Gasteiger charge is 2.20. The van der Waals surface area contributed by atoms with Crippen LogP contribution < -0.4 is 23.7 Å². The minimum absolute atomic E-state index is 0.368. The number of rotatable bonds is 10. The number of ether oxygens (including phenoxy) is 5. The largest absolute Gasteiger partial charge is 0.493 e. The zero-order chi connectivity index (χ0) is 27.4. The fourth-order valence-electron chi connectivity index (χ4n) is 4.89. The average molecular weight is 532 g/mol. The molecule has 1 aliphatic heterocycles.